The van der Waals surface area contributed by atoms with Crippen molar-refractivity contribution in [3.05, 3.63) is 0 Å². The van der Waals surface area contributed by atoms with Crippen LogP contribution in [0.25, 0.3) is 0 Å². The number of likely N-dealkylation sites (N-methyl/N-ethyl adjacent to an activating group) is 1. The highest BCUT2D eigenvalue weighted by Crippen LogP contribution is 2.41. The number of aliphatic hydroxyl groups excluding tert-OH is 4. The summed E-state index contributed by atoms with van der Waals surface area (Å²) in [6, 6.07) is -0.349. The van der Waals surface area contributed by atoms with Gasteiger partial charge in [0.25, 0.3) is 0 Å². The van der Waals surface area contributed by atoms with Gasteiger partial charge in [-0.25, -0.2) is 0 Å². The maximum absolute atomic E-state index is 14.4. The molecule has 0 unspecified atom stereocenters. The van der Waals surface area contributed by atoms with Crippen LogP contribution in [0.5, 0.6) is 0 Å². The molecule has 0 amide bonds. The van der Waals surface area contributed by atoms with Crippen LogP contribution < -0.4 is 0 Å². The maximum atomic E-state index is 14.4. The zero-order valence-corrected chi connectivity index (χ0v) is 37.5. The van der Waals surface area contributed by atoms with Gasteiger partial charge < -0.3 is 78.3 Å². The summed E-state index contributed by atoms with van der Waals surface area (Å²) in [4.78, 5) is 21.8. The molecular formula is C41H76N2O16. The summed E-state index contributed by atoms with van der Waals surface area (Å²) in [7, 11) is 6.70. The third-order valence-electron chi connectivity index (χ3n) is 12.6. The molecule has 6 N–H and O–H groups in total. The molecular weight excluding hydrogens is 776 g/mol. The van der Waals surface area contributed by atoms with Crippen molar-refractivity contribution in [1.82, 2.24) is 4.90 Å². The first-order chi connectivity index (χ1) is 27.5. The summed E-state index contributed by atoms with van der Waals surface area (Å²) in [6.07, 6.45) is -10.6. The maximum Gasteiger partial charge on any atom is 0.311 e. The molecule has 346 valence electrons. The van der Waals surface area contributed by atoms with E-state index in [0.717, 1.165) is 0 Å². The highest BCUT2D eigenvalue weighted by Gasteiger charge is 2.53. The predicted molar refractivity (Wildman–Crippen MR) is 214 cm³/mol. The Balaban J connectivity index is 2.24. The van der Waals surface area contributed by atoms with Crippen LogP contribution in [0.1, 0.15) is 88.0 Å². The SMILES string of the molecule is COCCOCO/N=C1\[C@H](C)C[C@@](C)(O)[C@H](O[C@@H]2O[C@H](C)C[C@H](N(C)C)[C@H]2O)[C@@H](C)[C@H](O[C@H]2C[C@@](C)(OC)[C@@H](O)[C@H](C)O2)[C@@H](C)C(=O)O[C@H](CCO)[C@@](C)(O)[C@H](O)[C@H]1C. The number of aliphatic hydroxyl groups is 6. The second-order valence-corrected chi connectivity index (χ2v) is 17.8. The fraction of sp³-hybridized carbons (Fsp3) is 0.951. The predicted octanol–water partition coefficient (Wildman–Crippen LogP) is 1.18. The lowest BCUT2D eigenvalue weighted by Crippen LogP contribution is -2.61. The molecule has 18 atom stereocenters. The quantitative estimate of drug-likeness (QED) is 0.0623. The molecule has 0 saturated carbocycles. The van der Waals surface area contributed by atoms with Gasteiger partial charge in [0.15, 0.2) is 12.6 Å². The van der Waals surface area contributed by atoms with Crippen LogP contribution >= 0.6 is 0 Å². The van der Waals surface area contributed by atoms with Crippen LogP contribution in [-0.2, 0) is 47.5 Å². The summed E-state index contributed by atoms with van der Waals surface area (Å²) in [5, 5.41) is 73.7. The normalized spacial score (nSPS) is 45.3. The van der Waals surface area contributed by atoms with E-state index >= 15 is 0 Å². The number of carbonyl (C=O) groups excluding carboxylic acids is 1. The molecule has 3 aliphatic heterocycles. The number of methoxy groups -OCH3 is 2. The number of cyclic esters (lactones) is 1. The van der Waals surface area contributed by atoms with Crippen LogP contribution in [0, 0.1) is 23.7 Å². The second-order valence-electron chi connectivity index (χ2n) is 17.8. The molecule has 3 rings (SSSR count). The minimum Gasteiger partial charge on any atom is -0.459 e. The van der Waals surface area contributed by atoms with Gasteiger partial charge >= 0.3 is 5.97 Å². The number of carbonyl (C=O) groups is 1. The molecule has 0 aromatic carbocycles. The molecule has 59 heavy (non-hydrogen) atoms. The van der Waals surface area contributed by atoms with Crippen LogP contribution in [0.15, 0.2) is 5.16 Å². The van der Waals surface area contributed by atoms with Gasteiger partial charge in [-0.1, -0.05) is 25.9 Å². The number of hydrogen-bond acceptors (Lipinski definition) is 18. The minimum atomic E-state index is -2.13. The van der Waals surface area contributed by atoms with Gasteiger partial charge in [0.05, 0.1) is 66.6 Å². The van der Waals surface area contributed by atoms with E-state index in [4.69, 9.17) is 42.7 Å². The Labute approximate surface area is 350 Å². The molecule has 0 radical (unpaired) electrons. The highest BCUT2D eigenvalue weighted by molar-refractivity contribution is 5.88. The van der Waals surface area contributed by atoms with E-state index in [-0.39, 0.29) is 50.5 Å². The zero-order valence-electron chi connectivity index (χ0n) is 37.5. The number of esters is 1. The van der Waals surface area contributed by atoms with E-state index in [1.54, 1.807) is 48.5 Å². The van der Waals surface area contributed by atoms with Crippen LogP contribution in [0.3, 0.4) is 0 Å². The lowest BCUT2D eigenvalue weighted by molar-refractivity contribution is -0.317. The minimum absolute atomic E-state index is 0.0619. The van der Waals surface area contributed by atoms with E-state index in [1.807, 2.05) is 25.9 Å². The summed E-state index contributed by atoms with van der Waals surface area (Å²) in [5.74, 6) is -4.50. The molecule has 3 aliphatic rings. The van der Waals surface area contributed by atoms with Crippen molar-refractivity contribution in [2.24, 2.45) is 28.8 Å². The van der Waals surface area contributed by atoms with Crippen molar-refractivity contribution in [2.45, 2.75) is 172 Å². The number of rotatable bonds is 14. The van der Waals surface area contributed by atoms with E-state index in [2.05, 4.69) is 5.16 Å². The topological polar surface area (TPSA) is 237 Å². The Morgan fingerprint density at radius 1 is 0.898 bits per heavy atom. The van der Waals surface area contributed by atoms with Gasteiger partial charge in [0, 0.05) is 57.5 Å². The van der Waals surface area contributed by atoms with Crippen molar-refractivity contribution in [3.8, 4) is 0 Å². The Morgan fingerprint density at radius 3 is 2.15 bits per heavy atom. The van der Waals surface area contributed by atoms with Gasteiger partial charge in [-0.05, 0) is 68.5 Å². The number of ether oxygens (including phenoxy) is 8. The third kappa shape index (κ3) is 12.7. The molecule has 18 nitrogen and oxygen atoms in total. The monoisotopic (exact) mass is 853 g/mol. The Morgan fingerprint density at radius 2 is 1.56 bits per heavy atom. The summed E-state index contributed by atoms with van der Waals surface area (Å²) < 4.78 is 48.0. The van der Waals surface area contributed by atoms with Gasteiger partial charge in [-0.15, -0.1) is 0 Å². The Hall–Kier alpha value is -1.62. The third-order valence-corrected chi connectivity index (χ3v) is 12.6. The lowest BCUT2D eigenvalue weighted by atomic mass is 9.73. The van der Waals surface area contributed by atoms with Gasteiger partial charge in [-0.3, -0.25) is 4.79 Å². The van der Waals surface area contributed by atoms with E-state index in [0.29, 0.717) is 13.0 Å². The van der Waals surface area contributed by atoms with Crippen molar-refractivity contribution in [1.29, 1.82) is 0 Å². The molecule has 0 spiro atoms. The van der Waals surface area contributed by atoms with Crippen LogP contribution in [0.4, 0.5) is 0 Å². The number of hydrogen-bond donors (Lipinski definition) is 6. The Bertz CT molecular complexity index is 1320. The average molecular weight is 853 g/mol. The van der Waals surface area contributed by atoms with E-state index in [9.17, 15) is 35.4 Å². The van der Waals surface area contributed by atoms with Crippen molar-refractivity contribution >= 4 is 11.7 Å². The first kappa shape index (κ1) is 51.7. The fourth-order valence-corrected chi connectivity index (χ4v) is 8.90. The number of oxime groups is 1. The number of nitrogens with zero attached hydrogens (tertiary/aromatic N) is 2. The molecule has 0 aromatic heterocycles. The lowest BCUT2D eigenvalue weighted by Gasteiger charge is -2.49. The molecule has 3 fully saturated rings. The van der Waals surface area contributed by atoms with Crippen molar-refractivity contribution < 1.29 is 78.2 Å². The first-order valence-corrected chi connectivity index (χ1v) is 20.9. The summed E-state index contributed by atoms with van der Waals surface area (Å²) >= 11 is 0. The van der Waals surface area contributed by atoms with E-state index < -0.39 is 108 Å². The summed E-state index contributed by atoms with van der Waals surface area (Å²) in [6.45, 7) is 14.7. The smallest absolute Gasteiger partial charge is 0.311 e. The molecule has 0 bridgehead atoms. The van der Waals surface area contributed by atoms with Crippen LogP contribution in [-0.4, -0.2) is 186 Å². The van der Waals surface area contributed by atoms with Gasteiger partial charge in [-0.2, -0.15) is 0 Å². The summed E-state index contributed by atoms with van der Waals surface area (Å²) in [5.41, 5.74) is -4.77. The van der Waals surface area contributed by atoms with Gasteiger partial charge in [0.2, 0.25) is 6.79 Å². The fourth-order valence-electron chi connectivity index (χ4n) is 8.90. The van der Waals surface area contributed by atoms with Crippen molar-refractivity contribution in [3.63, 3.8) is 0 Å². The average Bonchev–Trinajstić information content (AvgIpc) is 3.16. The standard InChI is InChI=1S/C41H76N2O16/c1-22-19-39(7,49)36(59-38-32(45)28(43(10)11)18-23(2)55-38)25(4)33(58-30-20-40(8,52-13)35(47)27(6)56-30)26(5)37(48)57-29(14-15-44)41(9,50)34(46)24(3)31(22)42-54-21-53-17-16-51-12/h22-30,32-36,38,44-47,49-50H,14-21H2,1-13H3/b42-31+/t22-,23-,24+,25+,26-,27+,28+,29-,30+,32-,33+,34-,35+,36-,38+,39-,40-,41-/m1/s1. The Kier molecular flexibility index (Phi) is 19.4. The molecule has 0 aromatic rings. The van der Waals surface area contributed by atoms with E-state index in [1.165, 1.54) is 21.1 Å². The zero-order chi connectivity index (χ0) is 44.6. The molecule has 3 heterocycles. The largest absolute Gasteiger partial charge is 0.459 e. The molecule has 18 heteroatoms. The van der Waals surface area contributed by atoms with Gasteiger partial charge in [0.1, 0.15) is 23.9 Å². The second kappa shape index (κ2) is 22.1. The van der Waals surface area contributed by atoms with Crippen molar-refractivity contribution in [2.75, 3.05) is 54.9 Å². The highest BCUT2D eigenvalue weighted by atomic mass is 16.7. The first-order valence-electron chi connectivity index (χ1n) is 20.9. The van der Waals surface area contributed by atoms with Crippen LogP contribution in [0.2, 0.25) is 0 Å². The molecule has 0 aliphatic carbocycles. The molecule has 3 saturated heterocycles.